The predicted octanol–water partition coefficient (Wildman–Crippen LogP) is 6.05. The fraction of sp³-hybridized carbons (Fsp3) is 0.345. The van der Waals surface area contributed by atoms with Gasteiger partial charge in [0, 0.05) is 24.4 Å². The van der Waals surface area contributed by atoms with Gasteiger partial charge in [-0.2, -0.15) is 8.78 Å². The van der Waals surface area contributed by atoms with Crippen molar-refractivity contribution in [3.8, 4) is 23.0 Å². The number of aromatic nitrogens is 1. The molecule has 4 rings (SSSR count). The predicted molar refractivity (Wildman–Crippen MR) is 150 cm³/mol. The summed E-state index contributed by atoms with van der Waals surface area (Å²) in [5.41, 5.74) is 1.10. The quantitative estimate of drug-likeness (QED) is 0.216. The smallest absolute Gasteiger partial charge is 0.387 e. The van der Waals surface area contributed by atoms with E-state index in [1.54, 1.807) is 6.07 Å². The summed E-state index contributed by atoms with van der Waals surface area (Å²) in [4.78, 5) is 29.6. The van der Waals surface area contributed by atoms with Gasteiger partial charge in [-0.25, -0.2) is 0 Å². The Hall–Kier alpha value is -3.83. The molecule has 2 aromatic carbocycles. The Morgan fingerprint density at radius 2 is 1.67 bits per heavy atom. The molecule has 9 nitrogen and oxygen atoms in total. The van der Waals surface area contributed by atoms with Crippen molar-refractivity contribution in [1.82, 2.24) is 10.3 Å². The summed E-state index contributed by atoms with van der Waals surface area (Å²) in [6.45, 7) is -3.20. The van der Waals surface area contributed by atoms with Crippen LogP contribution in [0.4, 0.5) is 8.78 Å². The van der Waals surface area contributed by atoms with Crippen molar-refractivity contribution in [3.05, 3.63) is 75.5 Å². The molecule has 1 atom stereocenters. The minimum absolute atomic E-state index is 0.0205. The van der Waals surface area contributed by atoms with Gasteiger partial charge in [0.1, 0.15) is 12.6 Å². The number of methoxy groups -OCH3 is 2. The largest absolute Gasteiger partial charge is 0.493 e. The number of esters is 1. The Kier molecular flexibility index (Phi) is 10.6. The molecular formula is C29H28Cl2F2N2O7. The lowest BCUT2D eigenvalue weighted by Gasteiger charge is -2.21. The van der Waals surface area contributed by atoms with Crippen LogP contribution in [0.25, 0.3) is 0 Å². The first kappa shape index (κ1) is 31.1. The van der Waals surface area contributed by atoms with Crippen molar-refractivity contribution >= 4 is 35.1 Å². The summed E-state index contributed by atoms with van der Waals surface area (Å²) >= 11 is 12.7. The number of pyridine rings is 1. The van der Waals surface area contributed by atoms with Gasteiger partial charge in [-0.05, 0) is 60.2 Å². The standard InChI is InChI=1S/C29H28Cl2F2N2O7/c1-38-22-7-6-18(10-25(22)39-2)28(37)35-14-27(36)41-24(11-19-20(30)12-34-13-21(19)31)17-5-8-23(42-29(32)33)26(9-17)40-15-16-3-4-16/h5-10,12-13,16,24,29H,3-4,11,14-15H2,1-2H3,(H,35,37)/t24-/m0/s1. The van der Waals surface area contributed by atoms with Gasteiger partial charge in [-0.15, -0.1) is 0 Å². The first-order valence-corrected chi connectivity index (χ1v) is 13.6. The van der Waals surface area contributed by atoms with E-state index in [1.165, 1.54) is 56.9 Å². The number of carbonyl (C=O) groups excluding carboxylic acids is 2. The average Bonchev–Trinajstić information content (AvgIpc) is 3.80. The summed E-state index contributed by atoms with van der Waals surface area (Å²) in [5.74, 6) is -0.271. The number of alkyl halides is 2. The van der Waals surface area contributed by atoms with Crippen LogP contribution >= 0.6 is 23.2 Å². The molecule has 0 unspecified atom stereocenters. The highest BCUT2D eigenvalue weighted by atomic mass is 35.5. The molecule has 1 N–H and O–H groups in total. The minimum Gasteiger partial charge on any atom is -0.493 e. The van der Waals surface area contributed by atoms with Crippen LogP contribution in [-0.2, 0) is 16.0 Å². The third kappa shape index (κ3) is 8.36. The van der Waals surface area contributed by atoms with Gasteiger partial charge >= 0.3 is 12.6 Å². The second kappa shape index (κ2) is 14.4. The summed E-state index contributed by atoms with van der Waals surface area (Å²) in [7, 11) is 2.91. The highest BCUT2D eigenvalue weighted by Crippen LogP contribution is 2.38. The number of hydrogen-bond donors (Lipinski definition) is 1. The van der Waals surface area contributed by atoms with E-state index in [1.807, 2.05) is 0 Å². The van der Waals surface area contributed by atoms with Crippen molar-refractivity contribution in [1.29, 1.82) is 0 Å². The lowest BCUT2D eigenvalue weighted by Crippen LogP contribution is -2.31. The zero-order valence-electron chi connectivity index (χ0n) is 22.7. The van der Waals surface area contributed by atoms with Gasteiger partial charge in [0.05, 0.1) is 30.9 Å². The zero-order chi connectivity index (χ0) is 30.2. The minimum atomic E-state index is -3.06. The van der Waals surface area contributed by atoms with Crippen molar-refractivity contribution < 1.29 is 42.1 Å². The summed E-state index contributed by atoms with van der Waals surface area (Å²) in [6, 6.07) is 8.83. The van der Waals surface area contributed by atoms with Crippen LogP contribution in [-0.4, -0.2) is 50.8 Å². The number of hydrogen-bond acceptors (Lipinski definition) is 8. The van der Waals surface area contributed by atoms with Crippen LogP contribution in [0.3, 0.4) is 0 Å². The lowest BCUT2D eigenvalue weighted by molar-refractivity contribution is -0.148. The Labute approximate surface area is 251 Å². The molecular weight excluding hydrogens is 597 g/mol. The molecule has 1 fully saturated rings. The second-order valence-electron chi connectivity index (χ2n) is 9.36. The Morgan fingerprint density at radius 3 is 2.31 bits per heavy atom. The summed E-state index contributed by atoms with van der Waals surface area (Å²) in [6.07, 6.45) is 3.80. The first-order valence-electron chi connectivity index (χ1n) is 12.9. The molecule has 0 spiro atoms. The number of carbonyl (C=O) groups is 2. The highest BCUT2D eigenvalue weighted by molar-refractivity contribution is 6.35. The molecule has 1 saturated carbocycles. The summed E-state index contributed by atoms with van der Waals surface area (Å²) < 4.78 is 52.6. The van der Waals surface area contributed by atoms with Crippen LogP contribution in [0.1, 0.15) is 40.4 Å². The number of nitrogens with zero attached hydrogens (tertiary/aromatic N) is 1. The molecule has 0 radical (unpaired) electrons. The van der Waals surface area contributed by atoms with Crippen molar-refractivity contribution in [3.63, 3.8) is 0 Å². The van der Waals surface area contributed by atoms with Crippen LogP contribution in [0, 0.1) is 5.92 Å². The first-order chi connectivity index (χ1) is 20.2. The highest BCUT2D eigenvalue weighted by Gasteiger charge is 2.26. The van der Waals surface area contributed by atoms with E-state index in [2.05, 4.69) is 15.0 Å². The third-order valence-electron chi connectivity index (χ3n) is 6.38. The molecule has 1 heterocycles. The molecule has 1 amide bonds. The van der Waals surface area contributed by atoms with Gasteiger partial charge in [-0.1, -0.05) is 29.3 Å². The Balaban J connectivity index is 1.54. The zero-order valence-corrected chi connectivity index (χ0v) is 24.2. The number of ether oxygens (including phenoxy) is 5. The molecule has 42 heavy (non-hydrogen) atoms. The van der Waals surface area contributed by atoms with Gasteiger partial charge in [0.25, 0.3) is 5.91 Å². The molecule has 3 aromatic rings. The van der Waals surface area contributed by atoms with Crippen molar-refractivity contribution in [2.75, 3.05) is 27.4 Å². The lowest BCUT2D eigenvalue weighted by atomic mass is 10.0. The Morgan fingerprint density at radius 1 is 0.976 bits per heavy atom. The SMILES string of the molecule is COc1ccc(C(=O)NCC(=O)O[C@@H](Cc2c(Cl)cncc2Cl)c2ccc(OC(F)F)c(OCC3CC3)c2)cc1OC. The topological polar surface area (TPSA) is 105 Å². The molecule has 1 aromatic heterocycles. The van der Waals surface area contributed by atoms with Crippen molar-refractivity contribution in [2.24, 2.45) is 5.92 Å². The second-order valence-corrected chi connectivity index (χ2v) is 10.2. The molecule has 0 saturated heterocycles. The monoisotopic (exact) mass is 624 g/mol. The van der Waals surface area contributed by atoms with Crippen LogP contribution < -0.4 is 24.3 Å². The Bertz CT molecular complexity index is 1400. The van der Waals surface area contributed by atoms with E-state index in [0.29, 0.717) is 35.2 Å². The number of amides is 1. The molecule has 224 valence electrons. The summed E-state index contributed by atoms with van der Waals surface area (Å²) in [5, 5.41) is 3.00. The number of benzene rings is 2. The maximum absolute atomic E-state index is 13.0. The van der Waals surface area contributed by atoms with E-state index in [9.17, 15) is 18.4 Å². The van der Waals surface area contributed by atoms with Gasteiger partial charge in [-0.3, -0.25) is 14.6 Å². The third-order valence-corrected chi connectivity index (χ3v) is 7.03. The van der Waals surface area contributed by atoms with E-state index < -0.39 is 31.1 Å². The van der Waals surface area contributed by atoms with Crippen LogP contribution in [0.15, 0.2) is 48.8 Å². The maximum atomic E-state index is 13.0. The van der Waals surface area contributed by atoms with Crippen LogP contribution in [0.2, 0.25) is 10.0 Å². The van der Waals surface area contributed by atoms with E-state index in [4.69, 9.17) is 42.1 Å². The average molecular weight is 625 g/mol. The van der Waals surface area contributed by atoms with Gasteiger partial charge in [0.2, 0.25) is 0 Å². The van der Waals surface area contributed by atoms with Crippen molar-refractivity contribution in [2.45, 2.75) is 32.0 Å². The normalized spacial score (nSPS) is 13.3. The van der Waals surface area contributed by atoms with E-state index in [0.717, 1.165) is 12.8 Å². The number of rotatable bonds is 14. The molecule has 1 aliphatic rings. The molecule has 1 aliphatic carbocycles. The molecule has 0 bridgehead atoms. The van der Waals surface area contributed by atoms with Gasteiger partial charge in [0.15, 0.2) is 23.0 Å². The molecule has 13 heteroatoms. The van der Waals surface area contributed by atoms with Gasteiger partial charge < -0.3 is 29.0 Å². The fourth-order valence-corrected chi connectivity index (χ4v) is 4.52. The van der Waals surface area contributed by atoms with E-state index >= 15 is 0 Å². The number of nitrogens with one attached hydrogen (secondary N) is 1. The molecule has 0 aliphatic heterocycles. The van der Waals surface area contributed by atoms with Crippen LogP contribution in [0.5, 0.6) is 23.0 Å². The number of halogens is 4. The maximum Gasteiger partial charge on any atom is 0.387 e. The van der Waals surface area contributed by atoms with E-state index in [-0.39, 0.29) is 33.5 Å². The fourth-order valence-electron chi connectivity index (χ4n) is 4.00.